The second kappa shape index (κ2) is 4.68. The number of hydrogen-bond acceptors (Lipinski definition) is 2. The van der Waals surface area contributed by atoms with Crippen LogP contribution in [0.2, 0.25) is 15.3 Å². The molecule has 1 aromatic carbocycles. The van der Waals surface area contributed by atoms with Crippen molar-refractivity contribution in [3.05, 3.63) is 56.9 Å². The van der Waals surface area contributed by atoms with E-state index in [1.807, 2.05) is 0 Å². The summed E-state index contributed by atoms with van der Waals surface area (Å²) in [4.78, 5) is 0. The van der Waals surface area contributed by atoms with Crippen molar-refractivity contribution in [3.8, 4) is 0 Å². The molecule has 0 fully saturated rings. The van der Waals surface area contributed by atoms with Crippen molar-refractivity contribution in [2.45, 2.75) is 6.10 Å². The lowest BCUT2D eigenvalue weighted by atomic mass is 10.1. The van der Waals surface area contributed by atoms with Gasteiger partial charge < -0.3 is 9.52 Å². The second-order valence-electron chi connectivity index (χ2n) is 3.21. The van der Waals surface area contributed by atoms with E-state index in [1.54, 1.807) is 30.3 Å². The molecule has 1 heterocycles. The van der Waals surface area contributed by atoms with Gasteiger partial charge in [0.2, 0.25) is 0 Å². The highest BCUT2D eigenvalue weighted by molar-refractivity contribution is 6.33. The lowest BCUT2D eigenvalue weighted by Crippen LogP contribution is -1.98. The molecule has 84 valence electrons. The van der Waals surface area contributed by atoms with Crippen molar-refractivity contribution in [2.24, 2.45) is 0 Å². The van der Waals surface area contributed by atoms with Crippen LogP contribution in [-0.2, 0) is 0 Å². The summed E-state index contributed by atoms with van der Waals surface area (Å²) in [6.07, 6.45) is -0.973. The van der Waals surface area contributed by atoms with Crippen LogP contribution in [0.5, 0.6) is 0 Å². The van der Waals surface area contributed by atoms with Gasteiger partial charge in [-0.15, -0.1) is 0 Å². The molecule has 1 unspecified atom stereocenters. The molecule has 0 bridgehead atoms. The van der Waals surface area contributed by atoms with Gasteiger partial charge in [0.25, 0.3) is 0 Å². The van der Waals surface area contributed by atoms with E-state index in [0.29, 0.717) is 21.4 Å². The first-order valence-corrected chi connectivity index (χ1v) is 5.59. The van der Waals surface area contributed by atoms with Crippen molar-refractivity contribution in [3.63, 3.8) is 0 Å². The Labute approximate surface area is 107 Å². The van der Waals surface area contributed by atoms with Gasteiger partial charge in [-0.25, -0.2) is 0 Å². The van der Waals surface area contributed by atoms with Crippen LogP contribution in [0.3, 0.4) is 0 Å². The molecule has 0 saturated heterocycles. The highest BCUT2D eigenvalue weighted by Crippen LogP contribution is 2.32. The van der Waals surface area contributed by atoms with Crippen LogP contribution in [0.15, 0.2) is 34.7 Å². The number of hydrogen-bond donors (Lipinski definition) is 1. The van der Waals surface area contributed by atoms with Crippen LogP contribution in [-0.4, -0.2) is 5.11 Å². The Balaban J connectivity index is 2.40. The minimum Gasteiger partial charge on any atom is -0.447 e. The SMILES string of the molecule is OC(c1ccc(Cl)o1)c1cc(Cl)ccc1Cl. The number of aliphatic hydroxyl groups is 1. The van der Waals surface area contributed by atoms with Crippen molar-refractivity contribution in [1.29, 1.82) is 0 Å². The van der Waals surface area contributed by atoms with Gasteiger partial charge in [-0.3, -0.25) is 0 Å². The maximum absolute atomic E-state index is 10.0. The summed E-state index contributed by atoms with van der Waals surface area (Å²) < 4.78 is 5.11. The van der Waals surface area contributed by atoms with Gasteiger partial charge in [-0.2, -0.15) is 0 Å². The number of aliphatic hydroxyl groups excluding tert-OH is 1. The van der Waals surface area contributed by atoms with E-state index in [0.717, 1.165) is 0 Å². The van der Waals surface area contributed by atoms with Crippen molar-refractivity contribution in [1.82, 2.24) is 0 Å². The highest BCUT2D eigenvalue weighted by atomic mass is 35.5. The fourth-order valence-electron chi connectivity index (χ4n) is 1.35. The van der Waals surface area contributed by atoms with Gasteiger partial charge in [-0.05, 0) is 41.9 Å². The minimum absolute atomic E-state index is 0.215. The monoisotopic (exact) mass is 276 g/mol. The summed E-state index contributed by atoms with van der Waals surface area (Å²) in [7, 11) is 0. The third kappa shape index (κ3) is 2.36. The molecule has 0 saturated carbocycles. The molecular weight excluding hydrogens is 270 g/mol. The first-order valence-electron chi connectivity index (χ1n) is 4.46. The summed E-state index contributed by atoms with van der Waals surface area (Å²) >= 11 is 17.4. The molecule has 1 atom stereocenters. The average Bonchev–Trinajstić information content (AvgIpc) is 2.67. The molecule has 16 heavy (non-hydrogen) atoms. The molecular formula is C11H7Cl3O2. The zero-order valence-electron chi connectivity index (χ0n) is 7.95. The lowest BCUT2D eigenvalue weighted by molar-refractivity contribution is 0.189. The molecule has 0 spiro atoms. The number of rotatable bonds is 2. The first kappa shape index (κ1) is 11.8. The number of furan rings is 1. The molecule has 1 aromatic heterocycles. The Hall–Kier alpha value is -0.670. The molecule has 2 nitrogen and oxygen atoms in total. The molecule has 0 amide bonds. The summed E-state index contributed by atoms with van der Waals surface area (Å²) in [5.74, 6) is 0.328. The first-order chi connectivity index (χ1) is 7.58. The Kier molecular flexibility index (Phi) is 3.45. The Morgan fingerprint density at radius 3 is 2.44 bits per heavy atom. The Morgan fingerprint density at radius 1 is 1.06 bits per heavy atom. The van der Waals surface area contributed by atoms with Gasteiger partial charge in [0.1, 0.15) is 11.9 Å². The summed E-state index contributed by atoms with van der Waals surface area (Å²) in [6, 6.07) is 8.00. The molecule has 0 radical (unpaired) electrons. The zero-order chi connectivity index (χ0) is 11.7. The molecule has 5 heteroatoms. The summed E-state index contributed by atoms with van der Waals surface area (Å²) in [5, 5.41) is 11.1. The average molecular weight is 278 g/mol. The fraction of sp³-hybridized carbons (Fsp3) is 0.0909. The molecule has 2 aromatic rings. The summed E-state index contributed by atoms with van der Waals surface area (Å²) in [6.45, 7) is 0. The van der Waals surface area contributed by atoms with E-state index in [2.05, 4.69) is 0 Å². The highest BCUT2D eigenvalue weighted by Gasteiger charge is 2.17. The van der Waals surface area contributed by atoms with Crippen LogP contribution in [0.25, 0.3) is 0 Å². The second-order valence-corrected chi connectivity index (χ2v) is 4.43. The maximum atomic E-state index is 10.0. The lowest BCUT2D eigenvalue weighted by Gasteiger charge is -2.10. The third-order valence-electron chi connectivity index (χ3n) is 2.12. The predicted molar refractivity (Wildman–Crippen MR) is 64.2 cm³/mol. The Bertz CT molecular complexity index is 508. The minimum atomic E-state index is -0.973. The molecule has 2 rings (SSSR count). The van der Waals surface area contributed by atoms with Crippen molar-refractivity contribution in [2.75, 3.05) is 0 Å². The number of benzene rings is 1. The van der Waals surface area contributed by atoms with Gasteiger partial charge in [-0.1, -0.05) is 23.2 Å². The quantitative estimate of drug-likeness (QED) is 0.887. The molecule has 1 N–H and O–H groups in total. The van der Waals surface area contributed by atoms with E-state index in [-0.39, 0.29) is 5.22 Å². The Morgan fingerprint density at radius 2 is 1.81 bits per heavy atom. The van der Waals surface area contributed by atoms with Crippen LogP contribution in [0.1, 0.15) is 17.4 Å². The van der Waals surface area contributed by atoms with Crippen molar-refractivity contribution < 1.29 is 9.52 Å². The third-order valence-corrected chi connectivity index (χ3v) is 2.90. The predicted octanol–water partition coefficient (Wildman–Crippen LogP) is 4.32. The van der Waals surface area contributed by atoms with Gasteiger partial charge in [0.15, 0.2) is 5.22 Å². The van der Waals surface area contributed by atoms with E-state index in [4.69, 9.17) is 39.2 Å². The zero-order valence-corrected chi connectivity index (χ0v) is 10.2. The topological polar surface area (TPSA) is 33.4 Å². The van der Waals surface area contributed by atoms with Crippen LogP contribution < -0.4 is 0 Å². The molecule has 0 aliphatic carbocycles. The van der Waals surface area contributed by atoms with E-state index >= 15 is 0 Å². The number of halogens is 3. The standard InChI is InChI=1S/C11H7Cl3O2/c12-6-1-2-8(13)7(5-6)11(15)9-3-4-10(14)16-9/h1-5,11,15H. The van der Waals surface area contributed by atoms with E-state index in [9.17, 15) is 5.11 Å². The fourth-order valence-corrected chi connectivity index (χ4v) is 1.91. The summed E-state index contributed by atoms with van der Waals surface area (Å²) in [5.41, 5.74) is 0.486. The van der Waals surface area contributed by atoms with Crippen LogP contribution in [0.4, 0.5) is 0 Å². The van der Waals surface area contributed by atoms with E-state index < -0.39 is 6.10 Å². The van der Waals surface area contributed by atoms with Crippen LogP contribution in [0, 0.1) is 0 Å². The van der Waals surface area contributed by atoms with Crippen LogP contribution >= 0.6 is 34.8 Å². The van der Waals surface area contributed by atoms with E-state index in [1.165, 1.54) is 0 Å². The normalized spacial score (nSPS) is 12.8. The maximum Gasteiger partial charge on any atom is 0.193 e. The van der Waals surface area contributed by atoms with Gasteiger partial charge >= 0.3 is 0 Å². The molecule has 0 aliphatic heterocycles. The largest absolute Gasteiger partial charge is 0.447 e. The van der Waals surface area contributed by atoms with Gasteiger partial charge in [0.05, 0.1) is 0 Å². The van der Waals surface area contributed by atoms with Crippen molar-refractivity contribution >= 4 is 34.8 Å². The van der Waals surface area contributed by atoms with Gasteiger partial charge in [0, 0.05) is 15.6 Å². The smallest absolute Gasteiger partial charge is 0.193 e. The molecule has 0 aliphatic rings.